The third kappa shape index (κ3) is 2.87. The summed E-state index contributed by atoms with van der Waals surface area (Å²) in [5, 5.41) is 1.07. The van der Waals surface area contributed by atoms with Crippen LogP contribution in [0.25, 0.3) is 0 Å². The van der Waals surface area contributed by atoms with Crippen LogP contribution in [0.5, 0.6) is 5.75 Å². The van der Waals surface area contributed by atoms with Crippen LogP contribution in [-0.4, -0.2) is 49.1 Å². The minimum absolute atomic E-state index is 0.502. The van der Waals surface area contributed by atoms with Crippen LogP contribution in [0.4, 0.5) is 10.8 Å². The molecule has 0 radical (unpaired) electrons. The van der Waals surface area contributed by atoms with Gasteiger partial charge in [0, 0.05) is 32.7 Å². The molecule has 1 aromatic rings. The van der Waals surface area contributed by atoms with Crippen molar-refractivity contribution >= 4 is 22.4 Å². The quantitative estimate of drug-likeness (QED) is 0.899. The Bertz CT molecular complexity index is 385. The minimum atomic E-state index is 0.502. The number of piperazine rings is 1. The second kappa shape index (κ2) is 5.75. The van der Waals surface area contributed by atoms with Gasteiger partial charge in [-0.15, -0.1) is 0 Å². The van der Waals surface area contributed by atoms with E-state index in [1.165, 1.54) is 18.1 Å². The summed E-state index contributed by atoms with van der Waals surface area (Å²) in [6, 6.07) is 0. The van der Waals surface area contributed by atoms with Crippen LogP contribution in [0.15, 0.2) is 0 Å². The van der Waals surface area contributed by atoms with Gasteiger partial charge in [-0.05, 0) is 17.5 Å². The summed E-state index contributed by atoms with van der Waals surface area (Å²) in [5.41, 5.74) is 5.79. The van der Waals surface area contributed by atoms with Crippen molar-refractivity contribution in [1.82, 2.24) is 9.27 Å². The van der Waals surface area contributed by atoms with Crippen LogP contribution < -0.4 is 15.4 Å². The molecule has 0 atom stereocenters. The summed E-state index contributed by atoms with van der Waals surface area (Å²) in [5.74, 6) is 1.96. The van der Waals surface area contributed by atoms with Gasteiger partial charge in [0.1, 0.15) is 0 Å². The van der Waals surface area contributed by atoms with Crippen molar-refractivity contribution in [2.24, 2.45) is 5.92 Å². The fourth-order valence-electron chi connectivity index (χ4n) is 2.33. The Labute approximate surface area is 113 Å². The Morgan fingerprint density at radius 1 is 1.33 bits per heavy atom. The lowest BCUT2D eigenvalue weighted by molar-refractivity contribution is 0.231. The highest BCUT2D eigenvalue weighted by molar-refractivity contribution is 7.11. The van der Waals surface area contributed by atoms with Gasteiger partial charge in [-0.1, -0.05) is 13.8 Å². The number of rotatable bonds is 4. The number of hydrogen-bond donors (Lipinski definition) is 1. The third-order valence-electron chi connectivity index (χ3n) is 3.14. The van der Waals surface area contributed by atoms with Gasteiger partial charge in [0.15, 0.2) is 16.6 Å². The molecule has 1 aliphatic rings. The average molecular weight is 270 g/mol. The molecule has 102 valence electrons. The minimum Gasteiger partial charge on any atom is -0.490 e. The number of anilines is 2. The van der Waals surface area contributed by atoms with E-state index in [2.05, 4.69) is 28.0 Å². The average Bonchev–Trinajstić information content (AvgIpc) is 2.70. The Morgan fingerprint density at radius 3 is 2.56 bits per heavy atom. The molecule has 5 nitrogen and oxygen atoms in total. The van der Waals surface area contributed by atoms with E-state index in [-0.39, 0.29) is 0 Å². The van der Waals surface area contributed by atoms with Gasteiger partial charge in [-0.3, -0.25) is 4.90 Å². The molecule has 0 unspecified atom stereocenters. The first-order chi connectivity index (χ1) is 8.61. The molecule has 0 amide bonds. The molecule has 2 N–H and O–H groups in total. The topological polar surface area (TPSA) is 54.6 Å². The van der Waals surface area contributed by atoms with E-state index < -0.39 is 0 Å². The first-order valence-corrected chi connectivity index (χ1v) is 7.15. The maximum absolute atomic E-state index is 5.79. The van der Waals surface area contributed by atoms with Crippen LogP contribution >= 0.6 is 11.5 Å². The van der Waals surface area contributed by atoms with E-state index in [4.69, 9.17) is 10.5 Å². The van der Waals surface area contributed by atoms with E-state index in [1.807, 2.05) is 0 Å². The number of nitrogens with two attached hydrogens (primary N) is 1. The van der Waals surface area contributed by atoms with E-state index in [9.17, 15) is 0 Å². The Balaban J connectivity index is 1.97. The summed E-state index contributed by atoms with van der Waals surface area (Å²) in [6.45, 7) is 9.93. The predicted molar refractivity (Wildman–Crippen MR) is 76.6 cm³/mol. The monoisotopic (exact) mass is 270 g/mol. The third-order valence-corrected chi connectivity index (χ3v) is 4.05. The Kier molecular flexibility index (Phi) is 4.29. The number of nitrogen functional groups attached to an aromatic ring is 1. The number of nitrogens with zero attached hydrogens (tertiary/aromatic N) is 3. The van der Waals surface area contributed by atoms with Crippen molar-refractivity contribution in [2.75, 3.05) is 50.5 Å². The molecule has 2 heterocycles. The van der Waals surface area contributed by atoms with Crippen molar-refractivity contribution in [3.05, 3.63) is 0 Å². The Hall–Kier alpha value is -1.01. The number of aromatic nitrogens is 1. The molecule has 0 saturated carbocycles. The summed E-state index contributed by atoms with van der Waals surface area (Å²) >= 11 is 1.43. The van der Waals surface area contributed by atoms with Gasteiger partial charge in [0.25, 0.3) is 0 Å². The fraction of sp³-hybridized carbons (Fsp3) is 0.750. The smallest absolute Gasteiger partial charge is 0.197 e. The van der Waals surface area contributed by atoms with Crippen LogP contribution in [0, 0.1) is 5.92 Å². The maximum Gasteiger partial charge on any atom is 0.197 e. The molecule has 2 rings (SSSR count). The highest BCUT2D eigenvalue weighted by Crippen LogP contribution is 2.38. The Morgan fingerprint density at radius 2 is 2.00 bits per heavy atom. The van der Waals surface area contributed by atoms with Crippen LogP contribution in [0.3, 0.4) is 0 Å². The molecule has 1 aromatic heterocycles. The number of methoxy groups -OCH3 is 1. The van der Waals surface area contributed by atoms with Crippen LogP contribution in [-0.2, 0) is 0 Å². The lowest BCUT2D eigenvalue weighted by Gasteiger charge is -2.36. The highest BCUT2D eigenvalue weighted by atomic mass is 32.1. The molecule has 1 fully saturated rings. The second-order valence-electron chi connectivity index (χ2n) is 5.09. The van der Waals surface area contributed by atoms with Crippen molar-refractivity contribution in [3.63, 3.8) is 0 Å². The normalized spacial score (nSPS) is 17.4. The molecule has 6 heteroatoms. The zero-order chi connectivity index (χ0) is 13.1. The molecule has 0 spiro atoms. The first-order valence-electron chi connectivity index (χ1n) is 6.38. The van der Waals surface area contributed by atoms with Crippen molar-refractivity contribution < 1.29 is 4.74 Å². The number of hydrogen-bond acceptors (Lipinski definition) is 6. The zero-order valence-electron chi connectivity index (χ0n) is 11.3. The van der Waals surface area contributed by atoms with E-state index >= 15 is 0 Å². The highest BCUT2D eigenvalue weighted by Gasteiger charge is 2.23. The summed E-state index contributed by atoms with van der Waals surface area (Å²) in [7, 11) is 1.65. The molecule has 0 aromatic carbocycles. The van der Waals surface area contributed by atoms with Gasteiger partial charge in [0.05, 0.1) is 7.11 Å². The molecular weight excluding hydrogens is 248 g/mol. The first kappa shape index (κ1) is 13.4. The maximum atomic E-state index is 5.79. The zero-order valence-corrected chi connectivity index (χ0v) is 12.2. The van der Waals surface area contributed by atoms with Gasteiger partial charge < -0.3 is 15.4 Å². The largest absolute Gasteiger partial charge is 0.490 e. The molecule has 1 saturated heterocycles. The molecule has 18 heavy (non-hydrogen) atoms. The lowest BCUT2D eigenvalue weighted by atomic mass is 10.2. The van der Waals surface area contributed by atoms with Gasteiger partial charge >= 0.3 is 0 Å². The molecular formula is C12H22N4OS. The van der Waals surface area contributed by atoms with Crippen LogP contribution in [0.1, 0.15) is 13.8 Å². The SMILES string of the molecule is COc1c(N)nsc1N1CCN(CC(C)C)CC1. The fourth-order valence-corrected chi connectivity index (χ4v) is 3.16. The summed E-state index contributed by atoms with van der Waals surface area (Å²) in [4.78, 5) is 4.84. The van der Waals surface area contributed by atoms with Gasteiger partial charge in [0.2, 0.25) is 0 Å². The van der Waals surface area contributed by atoms with Crippen molar-refractivity contribution in [3.8, 4) is 5.75 Å². The predicted octanol–water partition coefficient (Wildman–Crippen LogP) is 1.51. The van der Waals surface area contributed by atoms with E-state index in [0.717, 1.165) is 42.8 Å². The van der Waals surface area contributed by atoms with Gasteiger partial charge in [-0.2, -0.15) is 4.37 Å². The second-order valence-corrected chi connectivity index (χ2v) is 5.84. The molecule has 1 aliphatic heterocycles. The van der Waals surface area contributed by atoms with E-state index in [0.29, 0.717) is 5.82 Å². The number of ether oxygens (including phenoxy) is 1. The standard InChI is InChI=1S/C12H22N4OS/c1-9(2)8-15-4-6-16(7-5-15)12-10(17-3)11(13)14-18-12/h9H,4-8H2,1-3H3,(H2,13,14). The molecule has 0 bridgehead atoms. The van der Waals surface area contributed by atoms with Gasteiger partial charge in [-0.25, -0.2) is 0 Å². The summed E-state index contributed by atoms with van der Waals surface area (Å²) < 4.78 is 9.50. The van der Waals surface area contributed by atoms with Crippen LogP contribution in [0.2, 0.25) is 0 Å². The van der Waals surface area contributed by atoms with Crippen molar-refractivity contribution in [2.45, 2.75) is 13.8 Å². The summed E-state index contributed by atoms with van der Waals surface area (Å²) in [6.07, 6.45) is 0. The lowest BCUT2D eigenvalue weighted by Crippen LogP contribution is -2.47. The molecule has 0 aliphatic carbocycles. The van der Waals surface area contributed by atoms with Crippen molar-refractivity contribution in [1.29, 1.82) is 0 Å². The van der Waals surface area contributed by atoms with E-state index in [1.54, 1.807) is 7.11 Å².